The third kappa shape index (κ3) is 12.2. The Morgan fingerprint density at radius 2 is 1.70 bits per heavy atom. The number of amides is 7. The minimum Gasteiger partial charge on any atom is -0.352 e. The average Bonchev–Trinajstić information content (AvgIpc) is 3.25. The number of hydrogen-bond donors (Lipinski definition) is 5. The second kappa shape index (κ2) is 18.9. The first-order valence-corrected chi connectivity index (χ1v) is 16.6. The number of hydrogen-bond acceptors (Lipinski definition) is 7. The Morgan fingerprint density at radius 1 is 1.00 bits per heavy atom. The Balaban J connectivity index is 1.91. The number of benzene rings is 1. The molecule has 1 fully saturated rings. The van der Waals surface area contributed by atoms with Crippen LogP contribution in [0.5, 0.6) is 0 Å². The number of imide groups is 1. The summed E-state index contributed by atoms with van der Waals surface area (Å²) in [6, 6.07) is 5.07. The molecule has 1 aliphatic rings. The molecule has 3 atom stereocenters. The highest BCUT2D eigenvalue weighted by Crippen LogP contribution is 2.23. The van der Waals surface area contributed by atoms with Crippen LogP contribution in [0.4, 0.5) is 10.5 Å². The molecule has 1 aromatic carbocycles. The Hall–Kier alpha value is -3.61. The summed E-state index contributed by atoms with van der Waals surface area (Å²) in [6.07, 6.45) is 6.59. The molecule has 3 unspecified atom stereocenters. The van der Waals surface area contributed by atoms with E-state index in [0.29, 0.717) is 37.9 Å². The number of nitrogens with one attached hydrogen (secondary N) is 4. The molecule has 244 valence electrons. The van der Waals surface area contributed by atoms with Gasteiger partial charge in [0.05, 0.1) is 5.25 Å². The molecule has 2 rings (SSSR count). The number of thioether (sulfide) groups is 1. The molecular formula is C31H48N6O6S. The van der Waals surface area contributed by atoms with Crippen LogP contribution in [0.2, 0.25) is 0 Å². The van der Waals surface area contributed by atoms with Crippen molar-refractivity contribution >= 4 is 53.0 Å². The molecule has 44 heavy (non-hydrogen) atoms. The molecule has 0 bridgehead atoms. The minimum absolute atomic E-state index is 0.146. The summed E-state index contributed by atoms with van der Waals surface area (Å²) in [6.45, 7) is 6.28. The SMILES string of the molecule is CCCc1ccc(NC(=O)C(CCCNC(N)=O)NC(=O)C(NC(=O)CCCCCN2C(=O)CC(SC)C2=O)C(C)C)cc1. The molecule has 0 aromatic heterocycles. The highest BCUT2D eigenvalue weighted by molar-refractivity contribution is 8.00. The van der Waals surface area contributed by atoms with Crippen LogP contribution in [0.25, 0.3) is 0 Å². The molecular weight excluding hydrogens is 584 g/mol. The number of nitrogens with zero attached hydrogens (tertiary/aromatic N) is 1. The summed E-state index contributed by atoms with van der Waals surface area (Å²) >= 11 is 1.38. The van der Waals surface area contributed by atoms with Gasteiger partial charge in [0.2, 0.25) is 29.5 Å². The predicted molar refractivity (Wildman–Crippen MR) is 172 cm³/mol. The van der Waals surface area contributed by atoms with Crippen molar-refractivity contribution in [3.05, 3.63) is 29.8 Å². The molecule has 0 aliphatic carbocycles. The van der Waals surface area contributed by atoms with Crippen LogP contribution in [0.15, 0.2) is 24.3 Å². The van der Waals surface area contributed by atoms with E-state index >= 15 is 0 Å². The molecule has 1 aliphatic heterocycles. The van der Waals surface area contributed by atoms with Crippen molar-refractivity contribution in [1.29, 1.82) is 0 Å². The standard InChI is InChI=1S/C31H48N6O6S/c1-5-10-21-13-15-22(16-14-21)34-28(40)23(11-9-17-33-31(32)43)35-29(41)27(20(2)3)36-25(38)12-7-6-8-18-37-26(39)19-24(44-4)30(37)42/h13-16,20,23-24,27H,5-12,17-19H2,1-4H3,(H,34,40)(H,35,41)(H,36,38)(H3,32,33,43). The number of primary amides is 1. The van der Waals surface area contributed by atoms with Crippen LogP contribution in [0.1, 0.15) is 77.7 Å². The van der Waals surface area contributed by atoms with Crippen LogP contribution >= 0.6 is 11.8 Å². The van der Waals surface area contributed by atoms with E-state index in [9.17, 15) is 28.8 Å². The largest absolute Gasteiger partial charge is 0.352 e. The zero-order chi connectivity index (χ0) is 32.6. The fraction of sp³-hybridized carbons (Fsp3) is 0.613. The molecule has 1 heterocycles. The zero-order valence-corrected chi connectivity index (χ0v) is 27.1. The minimum atomic E-state index is -0.910. The molecule has 12 nitrogen and oxygen atoms in total. The van der Waals surface area contributed by atoms with Gasteiger partial charge in [0.1, 0.15) is 12.1 Å². The highest BCUT2D eigenvalue weighted by Gasteiger charge is 2.37. The van der Waals surface area contributed by atoms with Gasteiger partial charge < -0.3 is 27.0 Å². The monoisotopic (exact) mass is 632 g/mol. The number of nitrogens with two attached hydrogens (primary N) is 1. The quantitative estimate of drug-likeness (QED) is 0.115. The van der Waals surface area contributed by atoms with Gasteiger partial charge >= 0.3 is 6.03 Å². The van der Waals surface area contributed by atoms with E-state index < -0.39 is 29.9 Å². The number of urea groups is 1. The fourth-order valence-electron chi connectivity index (χ4n) is 4.91. The number of aryl methyl sites for hydroxylation is 1. The van der Waals surface area contributed by atoms with E-state index in [1.165, 1.54) is 16.7 Å². The maximum absolute atomic E-state index is 13.3. The van der Waals surface area contributed by atoms with E-state index in [4.69, 9.17) is 5.73 Å². The maximum atomic E-state index is 13.3. The van der Waals surface area contributed by atoms with Crippen LogP contribution in [0.3, 0.4) is 0 Å². The third-order valence-corrected chi connectivity index (χ3v) is 8.34. The molecule has 0 spiro atoms. The highest BCUT2D eigenvalue weighted by atomic mass is 32.2. The van der Waals surface area contributed by atoms with E-state index in [0.717, 1.165) is 18.4 Å². The van der Waals surface area contributed by atoms with Gasteiger partial charge in [-0.1, -0.05) is 45.7 Å². The molecule has 0 saturated carbocycles. The van der Waals surface area contributed by atoms with Gasteiger partial charge in [0, 0.05) is 31.6 Å². The Morgan fingerprint density at radius 3 is 2.30 bits per heavy atom. The van der Waals surface area contributed by atoms with Gasteiger partial charge in [-0.15, -0.1) is 0 Å². The molecule has 0 radical (unpaired) electrons. The van der Waals surface area contributed by atoms with Crippen LogP contribution in [0, 0.1) is 5.92 Å². The van der Waals surface area contributed by atoms with Crippen LogP contribution in [-0.4, -0.2) is 77.1 Å². The summed E-state index contributed by atoms with van der Waals surface area (Å²) in [5.74, 6) is -1.74. The molecule has 6 N–H and O–H groups in total. The Kier molecular flexibility index (Phi) is 15.7. The number of unbranched alkanes of at least 4 members (excludes halogenated alkanes) is 2. The second-order valence-electron chi connectivity index (χ2n) is 11.3. The first kappa shape index (κ1) is 36.6. The van der Waals surface area contributed by atoms with Crippen molar-refractivity contribution in [2.75, 3.05) is 24.7 Å². The van der Waals surface area contributed by atoms with Crippen molar-refractivity contribution in [2.45, 2.75) is 95.9 Å². The first-order chi connectivity index (χ1) is 21.0. The lowest BCUT2D eigenvalue weighted by atomic mass is 10.0. The first-order valence-electron chi connectivity index (χ1n) is 15.4. The number of anilines is 1. The summed E-state index contributed by atoms with van der Waals surface area (Å²) in [4.78, 5) is 75.9. The van der Waals surface area contributed by atoms with Gasteiger partial charge in [-0.25, -0.2) is 4.79 Å². The lowest BCUT2D eigenvalue weighted by molar-refractivity contribution is -0.138. The zero-order valence-electron chi connectivity index (χ0n) is 26.3. The normalized spacial score (nSPS) is 16.0. The lowest BCUT2D eigenvalue weighted by Gasteiger charge is -2.25. The van der Waals surface area contributed by atoms with Gasteiger partial charge in [-0.3, -0.25) is 28.9 Å². The Labute approximate surface area is 264 Å². The molecule has 7 amide bonds. The molecule has 1 saturated heterocycles. The summed E-state index contributed by atoms with van der Waals surface area (Å²) in [5.41, 5.74) is 6.89. The number of carbonyl (C=O) groups excluding carboxylic acids is 6. The summed E-state index contributed by atoms with van der Waals surface area (Å²) in [7, 11) is 0. The molecule has 13 heteroatoms. The average molecular weight is 633 g/mol. The number of likely N-dealkylation sites (tertiary alicyclic amines) is 1. The second-order valence-corrected chi connectivity index (χ2v) is 12.4. The summed E-state index contributed by atoms with van der Waals surface area (Å²) in [5, 5.41) is 10.6. The van der Waals surface area contributed by atoms with Crippen LogP contribution in [-0.2, 0) is 30.4 Å². The molecule has 1 aromatic rings. The Bertz CT molecular complexity index is 1140. The topological polar surface area (TPSA) is 180 Å². The van der Waals surface area contributed by atoms with E-state index in [1.807, 2.05) is 30.5 Å². The lowest BCUT2D eigenvalue weighted by Crippen LogP contribution is -2.54. The van der Waals surface area contributed by atoms with Crippen molar-refractivity contribution < 1.29 is 28.8 Å². The van der Waals surface area contributed by atoms with Gasteiger partial charge in [0.15, 0.2) is 0 Å². The fourth-order valence-corrected chi connectivity index (χ4v) is 5.54. The summed E-state index contributed by atoms with van der Waals surface area (Å²) < 4.78 is 0. The number of rotatable bonds is 19. The van der Waals surface area contributed by atoms with Gasteiger partial charge in [0.25, 0.3) is 0 Å². The van der Waals surface area contributed by atoms with Crippen molar-refractivity contribution in [2.24, 2.45) is 11.7 Å². The van der Waals surface area contributed by atoms with Crippen molar-refractivity contribution in [3.63, 3.8) is 0 Å². The van der Waals surface area contributed by atoms with Crippen LogP contribution < -0.4 is 27.0 Å². The smallest absolute Gasteiger partial charge is 0.312 e. The number of carbonyl (C=O) groups is 6. The van der Waals surface area contributed by atoms with E-state index in [2.05, 4.69) is 28.2 Å². The van der Waals surface area contributed by atoms with Crippen molar-refractivity contribution in [1.82, 2.24) is 20.9 Å². The van der Waals surface area contributed by atoms with Gasteiger partial charge in [-0.05, 0) is 62.0 Å². The predicted octanol–water partition coefficient (Wildman–Crippen LogP) is 2.70. The van der Waals surface area contributed by atoms with E-state index in [-0.39, 0.29) is 54.7 Å². The van der Waals surface area contributed by atoms with Gasteiger partial charge in [-0.2, -0.15) is 11.8 Å². The third-order valence-electron chi connectivity index (χ3n) is 7.40. The van der Waals surface area contributed by atoms with E-state index in [1.54, 1.807) is 13.8 Å². The van der Waals surface area contributed by atoms with Crippen molar-refractivity contribution in [3.8, 4) is 0 Å². The maximum Gasteiger partial charge on any atom is 0.312 e.